The van der Waals surface area contributed by atoms with Gasteiger partial charge in [-0.05, 0) is 19.1 Å². The van der Waals surface area contributed by atoms with Crippen LogP contribution in [0.25, 0.3) is 0 Å². The van der Waals surface area contributed by atoms with E-state index in [-0.39, 0.29) is 18.8 Å². The maximum Gasteiger partial charge on any atom is 0.313 e. The molecule has 0 aromatic heterocycles. The van der Waals surface area contributed by atoms with Gasteiger partial charge < -0.3 is 4.74 Å². The van der Waals surface area contributed by atoms with Gasteiger partial charge in [0.15, 0.2) is 0 Å². The highest BCUT2D eigenvalue weighted by Crippen LogP contribution is 2.19. The normalized spacial score (nSPS) is 10.3. The Morgan fingerprint density at radius 2 is 2.17 bits per heavy atom. The minimum Gasteiger partial charge on any atom is -0.459 e. The summed E-state index contributed by atoms with van der Waals surface area (Å²) in [4.78, 5) is 21.6. The van der Waals surface area contributed by atoms with Crippen LogP contribution in [0.4, 0.5) is 5.69 Å². The molecule has 1 aromatic rings. The number of carbonyl (C=O) groups excluding carboxylic acids is 2. The first-order valence-corrected chi connectivity index (χ1v) is 5.64. The van der Waals surface area contributed by atoms with E-state index >= 15 is 0 Å². The molecule has 0 aliphatic rings. The first-order valence-electron chi connectivity index (χ1n) is 5.26. The Balaban J connectivity index is 2.28. The second-order valence-electron chi connectivity index (χ2n) is 3.47. The molecule has 0 saturated carbocycles. The number of rotatable bonds is 6. The molecule has 0 radical (unpaired) electrons. The third kappa shape index (κ3) is 5.45. The smallest absolute Gasteiger partial charge is 0.313 e. The van der Waals surface area contributed by atoms with Crippen molar-refractivity contribution < 1.29 is 14.3 Å². The first-order chi connectivity index (χ1) is 8.59. The van der Waals surface area contributed by atoms with Gasteiger partial charge in [0.05, 0.1) is 16.9 Å². The lowest BCUT2D eigenvalue weighted by atomic mass is 10.3. The largest absolute Gasteiger partial charge is 0.459 e. The third-order valence-electron chi connectivity index (χ3n) is 1.86. The summed E-state index contributed by atoms with van der Waals surface area (Å²) in [6, 6.07) is 7.12. The van der Waals surface area contributed by atoms with Crippen LogP contribution in [0.5, 0.6) is 0 Å². The molecular formula is C12H13ClN2O3. The summed E-state index contributed by atoms with van der Waals surface area (Å²) in [5.41, 5.74) is 3.36. The Morgan fingerprint density at radius 3 is 2.83 bits per heavy atom. The number of Topliss-reactive ketones (excluding diaryl/α,β-unsaturated/α-hetero) is 1. The fourth-order valence-corrected chi connectivity index (χ4v) is 1.27. The summed E-state index contributed by atoms with van der Waals surface area (Å²) >= 11 is 5.89. The van der Waals surface area contributed by atoms with Crippen LogP contribution in [0.1, 0.15) is 13.3 Å². The number of hydrazone groups is 1. The highest BCUT2D eigenvalue weighted by molar-refractivity contribution is 6.33. The monoisotopic (exact) mass is 268 g/mol. The summed E-state index contributed by atoms with van der Waals surface area (Å²) in [7, 11) is 0. The van der Waals surface area contributed by atoms with Gasteiger partial charge in [-0.3, -0.25) is 15.0 Å². The molecule has 0 aliphatic carbocycles. The zero-order chi connectivity index (χ0) is 13.4. The van der Waals surface area contributed by atoms with E-state index in [2.05, 4.69) is 10.5 Å². The number of ketones is 1. The number of halogens is 1. The minimum absolute atomic E-state index is 0.00354. The van der Waals surface area contributed by atoms with Gasteiger partial charge in [0, 0.05) is 0 Å². The number of nitrogens with one attached hydrogen (secondary N) is 1. The highest BCUT2D eigenvalue weighted by Gasteiger charge is 2.04. The second-order valence-corrected chi connectivity index (χ2v) is 3.87. The van der Waals surface area contributed by atoms with Crippen molar-refractivity contribution in [1.82, 2.24) is 0 Å². The SMILES string of the molecule is CC(=O)CC(=O)OC/C=N\Nc1ccccc1Cl. The lowest BCUT2D eigenvalue weighted by Gasteiger charge is -2.02. The molecule has 0 saturated heterocycles. The quantitative estimate of drug-likeness (QED) is 0.372. The van der Waals surface area contributed by atoms with E-state index in [1.54, 1.807) is 18.2 Å². The molecule has 0 heterocycles. The van der Waals surface area contributed by atoms with Gasteiger partial charge in [-0.2, -0.15) is 5.10 Å². The van der Waals surface area contributed by atoms with Gasteiger partial charge in [0.25, 0.3) is 0 Å². The molecule has 0 atom stereocenters. The number of anilines is 1. The van der Waals surface area contributed by atoms with E-state index in [4.69, 9.17) is 16.3 Å². The van der Waals surface area contributed by atoms with Crippen LogP contribution >= 0.6 is 11.6 Å². The predicted octanol–water partition coefficient (Wildman–Crippen LogP) is 2.26. The van der Waals surface area contributed by atoms with Crippen molar-refractivity contribution in [2.75, 3.05) is 12.0 Å². The van der Waals surface area contributed by atoms with Crippen molar-refractivity contribution in [1.29, 1.82) is 0 Å². The average Bonchev–Trinajstić information content (AvgIpc) is 2.30. The molecule has 5 nitrogen and oxygen atoms in total. The molecule has 0 fully saturated rings. The van der Waals surface area contributed by atoms with Crippen LogP contribution in [0.3, 0.4) is 0 Å². The summed E-state index contributed by atoms with van der Waals surface area (Å²) in [6.45, 7) is 1.33. The number of hydrogen-bond donors (Lipinski definition) is 1. The molecular weight excluding hydrogens is 256 g/mol. The Morgan fingerprint density at radius 1 is 1.44 bits per heavy atom. The third-order valence-corrected chi connectivity index (χ3v) is 2.19. The molecule has 1 N–H and O–H groups in total. The minimum atomic E-state index is -0.563. The molecule has 6 heteroatoms. The molecule has 0 spiro atoms. The van der Waals surface area contributed by atoms with E-state index < -0.39 is 5.97 Å². The molecule has 0 bridgehead atoms. The standard InChI is InChI=1S/C12H13ClN2O3/c1-9(16)8-12(17)18-7-6-14-15-11-5-3-2-4-10(11)13/h2-6,15H,7-8H2,1H3/b14-6-. The van der Waals surface area contributed by atoms with Crippen LogP contribution in [0.2, 0.25) is 5.02 Å². The zero-order valence-electron chi connectivity index (χ0n) is 9.85. The Bertz CT molecular complexity index is 460. The van der Waals surface area contributed by atoms with E-state index in [1.165, 1.54) is 13.1 Å². The van der Waals surface area contributed by atoms with Crippen LogP contribution < -0.4 is 5.43 Å². The molecule has 0 unspecified atom stereocenters. The number of benzene rings is 1. The van der Waals surface area contributed by atoms with Crippen molar-refractivity contribution in [2.24, 2.45) is 5.10 Å². The number of hydrogen-bond acceptors (Lipinski definition) is 5. The number of para-hydroxylation sites is 1. The van der Waals surface area contributed by atoms with E-state index in [0.29, 0.717) is 10.7 Å². The Hall–Kier alpha value is -1.88. The maximum absolute atomic E-state index is 11.0. The van der Waals surface area contributed by atoms with E-state index in [1.807, 2.05) is 6.07 Å². The van der Waals surface area contributed by atoms with Crippen molar-refractivity contribution in [3.8, 4) is 0 Å². The Labute approximate surface area is 110 Å². The number of esters is 1. The summed E-state index contributed by atoms with van der Waals surface area (Å²) in [5.74, 6) is -0.794. The van der Waals surface area contributed by atoms with Gasteiger partial charge in [-0.15, -0.1) is 0 Å². The van der Waals surface area contributed by atoms with Crippen LogP contribution in [0, 0.1) is 0 Å². The first kappa shape index (κ1) is 14.2. The number of ether oxygens (including phenoxy) is 1. The van der Waals surface area contributed by atoms with Crippen molar-refractivity contribution >= 4 is 35.3 Å². The van der Waals surface area contributed by atoms with Gasteiger partial charge in [-0.1, -0.05) is 23.7 Å². The summed E-state index contributed by atoms with van der Waals surface area (Å²) < 4.78 is 4.74. The number of carbonyl (C=O) groups is 2. The highest BCUT2D eigenvalue weighted by atomic mass is 35.5. The van der Waals surface area contributed by atoms with Crippen molar-refractivity contribution in [3.05, 3.63) is 29.3 Å². The lowest BCUT2D eigenvalue weighted by Crippen LogP contribution is -2.10. The van der Waals surface area contributed by atoms with Crippen molar-refractivity contribution in [2.45, 2.75) is 13.3 Å². The molecule has 1 aromatic carbocycles. The van der Waals surface area contributed by atoms with Gasteiger partial charge in [0.2, 0.25) is 0 Å². The molecule has 1 rings (SSSR count). The van der Waals surface area contributed by atoms with E-state index in [0.717, 1.165) is 0 Å². The maximum atomic E-state index is 11.0. The lowest BCUT2D eigenvalue weighted by molar-refractivity contribution is -0.144. The fraction of sp³-hybridized carbons (Fsp3) is 0.250. The molecule has 0 aliphatic heterocycles. The van der Waals surface area contributed by atoms with E-state index in [9.17, 15) is 9.59 Å². The van der Waals surface area contributed by atoms with Gasteiger partial charge in [-0.25, -0.2) is 0 Å². The number of nitrogens with zero attached hydrogens (tertiary/aromatic N) is 1. The average molecular weight is 269 g/mol. The van der Waals surface area contributed by atoms with Crippen LogP contribution in [-0.2, 0) is 14.3 Å². The van der Waals surface area contributed by atoms with Gasteiger partial charge in [0.1, 0.15) is 18.8 Å². The molecule has 18 heavy (non-hydrogen) atoms. The fourth-order valence-electron chi connectivity index (χ4n) is 1.09. The topological polar surface area (TPSA) is 67.8 Å². The predicted molar refractivity (Wildman–Crippen MR) is 69.8 cm³/mol. The molecule has 96 valence electrons. The molecule has 0 amide bonds. The summed E-state index contributed by atoms with van der Waals surface area (Å²) in [6.07, 6.45) is 1.16. The van der Waals surface area contributed by atoms with Crippen molar-refractivity contribution in [3.63, 3.8) is 0 Å². The van der Waals surface area contributed by atoms with Crippen LogP contribution in [0.15, 0.2) is 29.4 Å². The van der Waals surface area contributed by atoms with Crippen LogP contribution in [-0.4, -0.2) is 24.6 Å². The summed E-state index contributed by atoms with van der Waals surface area (Å²) in [5, 5.41) is 4.38. The second kappa shape index (κ2) is 7.45. The Kier molecular flexibility index (Phi) is 5.87. The van der Waals surface area contributed by atoms with Gasteiger partial charge >= 0.3 is 5.97 Å². The zero-order valence-corrected chi connectivity index (χ0v) is 10.6.